The van der Waals surface area contributed by atoms with E-state index in [4.69, 9.17) is 10.8 Å². The first-order valence-corrected chi connectivity index (χ1v) is 6.32. The van der Waals surface area contributed by atoms with E-state index in [9.17, 15) is 9.59 Å². The number of hydrogen-bond acceptors (Lipinski definition) is 3. The lowest BCUT2D eigenvalue weighted by atomic mass is 9.75. The topological polar surface area (TPSA) is 92.4 Å². The predicted molar refractivity (Wildman–Crippen MR) is 72.2 cm³/mol. The minimum Gasteiger partial charge on any atom is -0.478 e. The second-order valence-corrected chi connectivity index (χ2v) is 5.30. The highest BCUT2D eigenvalue weighted by Gasteiger charge is 2.34. The summed E-state index contributed by atoms with van der Waals surface area (Å²) in [6, 6.07) is 4.92. The van der Waals surface area contributed by atoms with Crippen molar-refractivity contribution in [2.24, 2.45) is 5.73 Å². The number of aryl methyl sites for hydroxylation is 1. The van der Waals surface area contributed by atoms with E-state index in [-0.39, 0.29) is 17.9 Å². The Hall–Kier alpha value is -1.88. The smallest absolute Gasteiger partial charge is 0.337 e. The lowest BCUT2D eigenvalue weighted by molar-refractivity contribution is -0.118. The largest absolute Gasteiger partial charge is 0.478 e. The maximum atomic E-state index is 11.9. The van der Waals surface area contributed by atoms with E-state index in [1.165, 1.54) is 0 Å². The van der Waals surface area contributed by atoms with Gasteiger partial charge in [-0.05, 0) is 38.3 Å². The highest BCUT2D eigenvalue weighted by atomic mass is 16.4. The molecule has 0 saturated heterocycles. The molecule has 1 aliphatic carbocycles. The average Bonchev–Trinajstić information content (AvgIpc) is 2.29. The van der Waals surface area contributed by atoms with Gasteiger partial charge in [-0.1, -0.05) is 11.6 Å². The van der Waals surface area contributed by atoms with E-state index in [1.54, 1.807) is 25.1 Å². The molecule has 102 valence electrons. The summed E-state index contributed by atoms with van der Waals surface area (Å²) in [6.45, 7) is 1.81. The minimum absolute atomic E-state index is 0.105. The highest BCUT2D eigenvalue weighted by Crippen LogP contribution is 2.32. The van der Waals surface area contributed by atoms with E-state index in [2.05, 4.69) is 5.32 Å². The van der Waals surface area contributed by atoms with E-state index in [1.807, 2.05) is 0 Å². The first kappa shape index (κ1) is 13.5. The van der Waals surface area contributed by atoms with Crippen LogP contribution in [-0.4, -0.2) is 22.5 Å². The summed E-state index contributed by atoms with van der Waals surface area (Å²) in [4.78, 5) is 23.0. The monoisotopic (exact) mass is 262 g/mol. The predicted octanol–water partition coefficient (Wildman–Crippen LogP) is 1.90. The maximum absolute atomic E-state index is 11.9. The van der Waals surface area contributed by atoms with Crippen LogP contribution in [0.3, 0.4) is 0 Å². The first-order chi connectivity index (χ1) is 8.89. The van der Waals surface area contributed by atoms with Crippen LogP contribution in [0.5, 0.6) is 0 Å². The van der Waals surface area contributed by atoms with Crippen molar-refractivity contribution in [1.82, 2.24) is 0 Å². The van der Waals surface area contributed by atoms with Crippen molar-refractivity contribution in [2.75, 3.05) is 5.32 Å². The Morgan fingerprint density at radius 2 is 2.11 bits per heavy atom. The SMILES string of the molecule is Cc1ccc(NC(=O)CC2(N)CCC2)c(C(=O)O)c1. The quantitative estimate of drug-likeness (QED) is 0.772. The van der Waals surface area contributed by atoms with E-state index in [0.29, 0.717) is 5.69 Å². The number of nitrogens with one attached hydrogen (secondary N) is 1. The number of carbonyl (C=O) groups excluding carboxylic acids is 1. The van der Waals surface area contributed by atoms with Gasteiger partial charge < -0.3 is 16.2 Å². The summed E-state index contributed by atoms with van der Waals surface area (Å²) in [5.41, 5.74) is 6.86. The number of carbonyl (C=O) groups is 2. The molecular weight excluding hydrogens is 244 g/mol. The van der Waals surface area contributed by atoms with Crippen LogP contribution in [0.2, 0.25) is 0 Å². The fourth-order valence-corrected chi connectivity index (χ4v) is 2.27. The van der Waals surface area contributed by atoms with Crippen LogP contribution in [0.15, 0.2) is 18.2 Å². The zero-order valence-electron chi connectivity index (χ0n) is 10.9. The van der Waals surface area contributed by atoms with Gasteiger partial charge in [-0.25, -0.2) is 4.79 Å². The maximum Gasteiger partial charge on any atom is 0.337 e. The van der Waals surface area contributed by atoms with Gasteiger partial charge >= 0.3 is 5.97 Å². The molecule has 0 unspecified atom stereocenters. The van der Waals surface area contributed by atoms with E-state index >= 15 is 0 Å². The second-order valence-electron chi connectivity index (χ2n) is 5.30. The first-order valence-electron chi connectivity index (χ1n) is 6.32. The molecule has 4 N–H and O–H groups in total. The third-order valence-corrected chi connectivity index (χ3v) is 3.54. The molecule has 0 heterocycles. The number of aromatic carboxylic acids is 1. The molecule has 1 fully saturated rings. The van der Waals surface area contributed by atoms with Gasteiger partial charge in [-0.3, -0.25) is 4.79 Å². The summed E-state index contributed by atoms with van der Waals surface area (Å²) < 4.78 is 0. The number of rotatable bonds is 4. The Morgan fingerprint density at radius 3 is 2.63 bits per heavy atom. The van der Waals surface area contributed by atoms with Gasteiger partial charge in [0, 0.05) is 12.0 Å². The molecular formula is C14H18N2O3. The van der Waals surface area contributed by atoms with Crippen LogP contribution in [0, 0.1) is 6.92 Å². The molecule has 0 aromatic heterocycles. The standard InChI is InChI=1S/C14H18N2O3/c1-9-3-4-11(10(7-9)13(18)19)16-12(17)8-14(15)5-2-6-14/h3-4,7H,2,5-6,8,15H2,1H3,(H,16,17)(H,18,19). The van der Waals surface area contributed by atoms with Crippen LogP contribution in [0.25, 0.3) is 0 Å². The molecule has 1 aromatic rings. The number of benzene rings is 1. The average molecular weight is 262 g/mol. The summed E-state index contributed by atoms with van der Waals surface area (Å²) >= 11 is 0. The van der Waals surface area contributed by atoms with Gasteiger partial charge in [0.25, 0.3) is 0 Å². The van der Waals surface area contributed by atoms with Gasteiger partial charge in [0.15, 0.2) is 0 Å². The summed E-state index contributed by atoms with van der Waals surface area (Å²) in [5, 5.41) is 11.8. The van der Waals surface area contributed by atoms with Crippen LogP contribution in [0.4, 0.5) is 5.69 Å². The zero-order chi connectivity index (χ0) is 14.0. The molecule has 0 spiro atoms. The Morgan fingerprint density at radius 1 is 1.42 bits per heavy atom. The normalized spacial score (nSPS) is 16.5. The van der Waals surface area contributed by atoms with Gasteiger partial charge in [0.05, 0.1) is 11.3 Å². The van der Waals surface area contributed by atoms with Gasteiger partial charge in [0.2, 0.25) is 5.91 Å². The Kier molecular flexibility index (Phi) is 3.57. The molecule has 1 aromatic carbocycles. The minimum atomic E-state index is -1.05. The summed E-state index contributed by atoms with van der Waals surface area (Å²) in [7, 11) is 0. The third kappa shape index (κ3) is 3.12. The fourth-order valence-electron chi connectivity index (χ4n) is 2.27. The van der Waals surface area contributed by atoms with E-state index < -0.39 is 11.5 Å². The highest BCUT2D eigenvalue weighted by molar-refractivity contribution is 6.00. The molecule has 0 bridgehead atoms. The molecule has 2 rings (SSSR count). The molecule has 5 nitrogen and oxygen atoms in total. The van der Waals surface area contributed by atoms with Crippen molar-refractivity contribution in [3.63, 3.8) is 0 Å². The molecule has 0 radical (unpaired) electrons. The van der Waals surface area contributed by atoms with Crippen molar-refractivity contribution in [2.45, 2.75) is 38.1 Å². The lowest BCUT2D eigenvalue weighted by Gasteiger charge is -2.37. The Bertz CT molecular complexity index is 521. The summed E-state index contributed by atoms with van der Waals surface area (Å²) in [5.74, 6) is -1.28. The number of amides is 1. The molecule has 5 heteroatoms. The zero-order valence-corrected chi connectivity index (χ0v) is 10.9. The van der Waals surface area contributed by atoms with Crippen LogP contribution < -0.4 is 11.1 Å². The summed E-state index contributed by atoms with van der Waals surface area (Å²) in [6.07, 6.45) is 2.98. The second kappa shape index (κ2) is 5.01. The van der Waals surface area contributed by atoms with Gasteiger partial charge in [-0.2, -0.15) is 0 Å². The van der Waals surface area contributed by atoms with Crippen molar-refractivity contribution in [1.29, 1.82) is 0 Å². The fraction of sp³-hybridized carbons (Fsp3) is 0.429. The Labute approximate surface area is 111 Å². The van der Waals surface area contributed by atoms with E-state index in [0.717, 1.165) is 24.8 Å². The molecule has 1 saturated carbocycles. The number of hydrogen-bond donors (Lipinski definition) is 3. The number of carboxylic acids is 1. The Balaban J connectivity index is 2.10. The van der Waals surface area contributed by atoms with Crippen molar-refractivity contribution >= 4 is 17.6 Å². The van der Waals surface area contributed by atoms with Gasteiger partial charge in [0.1, 0.15) is 0 Å². The van der Waals surface area contributed by atoms with Crippen molar-refractivity contribution < 1.29 is 14.7 Å². The number of nitrogens with two attached hydrogens (primary N) is 1. The lowest BCUT2D eigenvalue weighted by Crippen LogP contribution is -2.49. The van der Waals surface area contributed by atoms with Crippen LogP contribution in [0.1, 0.15) is 41.6 Å². The van der Waals surface area contributed by atoms with Crippen molar-refractivity contribution in [3.8, 4) is 0 Å². The van der Waals surface area contributed by atoms with Crippen LogP contribution in [-0.2, 0) is 4.79 Å². The molecule has 19 heavy (non-hydrogen) atoms. The third-order valence-electron chi connectivity index (χ3n) is 3.54. The molecule has 1 aliphatic rings. The van der Waals surface area contributed by atoms with Crippen LogP contribution >= 0.6 is 0 Å². The molecule has 0 aliphatic heterocycles. The molecule has 0 atom stereocenters. The number of carboxylic acid groups (broad SMARTS) is 1. The number of anilines is 1. The molecule has 1 amide bonds. The van der Waals surface area contributed by atoms with Crippen molar-refractivity contribution in [3.05, 3.63) is 29.3 Å². The van der Waals surface area contributed by atoms with Gasteiger partial charge in [-0.15, -0.1) is 0 Å².